The summed E-state index contributed by atoms with van der Waals surface area (Å²) in [5, 5.41) is 16.5. The highest BCUT2D eigenvalue weighted by atomic mass is 32.1. The van der Waals surface area contributed by atoms with Crippen LogP contribution in [-0.2, 0) is 13.6 Å². The van der Waals surface area contributed by atoms with Crippen LogP contribution < -0.4 is 5.32 Å². The summed E-state index contributed by atoms with van der Waals surface area (Å²) >= 11 is 1.11. The molecule has 0 aromatic carbocycles. The maximum absolute atomic E-state index is 10.6. The molecule has 0 fully saturated rings. The number of aromatic nitrogens is 3. The first-order valence-electron chi connectivity index (χ1n) is 4.56. The van der Waals surface area contributed by atoms with Gasteiger partial charge in [0.05, 0.1) is 18.4 Å². The smallest absolute Gasteiger partial charge is 0.347 e. The number of nitrogens with zero attached hydrogens (tertiary/aromatic N) is 3. The van der Waals surface area contributed by atoms with Crippen molar-refractivity contribution in [3.63, 3.8) is 0 Å². The predicted molar refractivity (Wildman–Crippen MR) is 59.6 cm³/mol. The van der Waals surface area contributed by atoms with E-state index in [0.29, 0.717) is 11.7 Å². The highest BCUT2D eigenvalue weighted by Gasteiger charge is 2.08. The number of anilines is 1. The molecule has 0 saturated carbocycles. The number of carbonyl (C=O) groups is 1. The SMILES string of the molecule is Cn1ccc(CNc2ncc(C(=O)O)s2)n1. The Balaban J connectivity index is 1.97. The zero-order valence-electron chi connectivity index (χ0n) is 8.54. The molecule has 0 aliphatic rings. The van der Waals surface area contributed by atoms with Crippen LogP contribution in [0.25, 0.3) is 0 Å². The lowest BCUT2D eigenvalue weighted by molar-refractivity contribution is 0.0702. The van der Waals surface area contributed by atoms with Crippen molar-refractivity contribution in [3.05, 3.63) is 29.0 Å². The quantitative estimate of drug-likeness (QED) is 0.836. The van der Waals surface area contributed by atoms with Crippen molar-refractivity contribution in [3.8, 4) is 0 Å². The van der Waals surface area contributed by atoms with Crippen LogP contribution in [0.1, 0.15) is 15.4 Å². The summed E-state index contributed by atoms with van der Waals surface area (Å²) < 4.78 is 1.71. The monoisotopic (exact) mass is 238 g/mol. The lowest BCUT2D eigenvalue weighted by Gasteiger charge is -1.97. The van der Waals surface area contributed by atoms with Crippen LogP contribution in [0.4, 0.5) is 5.13 Å². The van der Waals surface area contributed by atoms with Crippen LogP contribution in [0.2, 0.25) is 0 Å². The Hall–Kier alpha value is -1.89. The van der Waals surface area contributed by atoms with Gasteiger partial charge in [-0.2, -0.15) is 5.10 Å². The second-order valence-electron chi connectivity index (χ2n) is 3.17. The zero-order valence-corrected chi connectivity index (χ0v) is 9.36. The van der Waals surface area contributed by atoms with Gasteiger partial charge in [0.2, 0.25) is 0 Å². The van der Waals surface area contributed by atoms with Gasteiger partial charge in [0.25, 0.3) is 0 Å². The maximum atomic E-state index is 10.6. The fourth-order valence-electron chi connectivity index (χ4n) is 1.18. The highest BCUT2D eigenvalue weighted by molar-refractivity contribution is 7.17. The third kappa shape index (κ3) is 2.37. The summed E-state index contributed by atoms with van der Waals surface area (Å²) in [6.07, 6.45) is 3.19. The van der Waals surface area contributed by atoms with E-state index in [4.69, 9.17) is 5.11 Å². The molecular weight excluding hydrogens is 228 g/mol. The first kappa shape index (κ1) is 10.6. The molecule has 2 heterocycles. The van der Waals surface area contributed by atoms with Crippen molar-refractivity contribution < 1.29 is 9.90 Å². The summed E-state index contributed by atoms with van der Waals surface area (Å²) in [6, 6.07) is 1.89. The number of hydrogen-bond donors (Lipinski definition) is 2. The predicted octanol–water partition coefficient (Wildman–Crippen LogP) is 1.19. The van der Waals surface area contributed by atoms with E-state index in [0.717, 1.165) is 17.0 Å². The van der Waals surface area contributed by atoms with Gasteiger partial charge in [0.1, 0.15) is 4.88 Å². The van der Waals surface area contributed by atoms with Crippen molar-refractivity contribution >= 4 is 22.4 Å². The number of carboxylic acid groups (broad SMARTS) is 1. The Morgan fingerprint density at radius 2 is 2.50 bits per heavy atom. The second kappa shape index (κ2) is 4.31. The Bertz CT molecular complexity index is 505. The maximum Gasteiger partial charge on any atom is 0.347 e. The Morgan fingerprint density at radius 3 is 3.06 bits per heavy atom. The zero-order chi connectivity index (χ0) is 11.5. The van der Waals surface area contributed by atoms with E-state index in [1.165, 1.54) is 6.20 Å². The molecule has 2 N–H and O–H groups in total. The van der Waals surface area contributed by atoms with Crippen molar-refractivity contribution in [2.45, 2.75) is 6.54 Å². The van der Waals surface area contributed by atoms with E-state index in [1.807, 2.05) is 19.3 Å². The number of carboxylic acids is 1. The van der Waals surface area contributed by atoms with E-state index >= 15 is 0 Å². The summed E-state index contributed by atoms with van der Waals surface area (Å²) in [7, 11) is 1.84. The minimum Gasteiger partial charge on any atom is -0.477 e. The van der Waals surface area contributed by atoms with E-state index in [9.17, 15) is 4.79 Å². The van der Waals surface area contributed by atoms with Gasteiger partial charge in [0.15, 0.2) is 5.13 Å². The lowest BCUT2D eigenvalue weighted by Crippen LogP contribution is -2.00. The van der Waals surface area contributed by atoms with Gasteiger partial charge >= 0.3 is 5.97 Å². The van der Waals surface area contributed by atoms with Crippen LogP contribution in [0.3, 0.4) is 0 Å². The fraction of sp³-hybridized carbons (Fsp3) is 0.222. The Labute approximate surface area is 95.6 Å². The molecule has 0 amide bonds. The fourth-order valence-corrected chi connectivity index (χ4v) is 1.83. The third-order valence-corrected chi connectivity index (χ3v) is 2.85. The van der Waals surface area contributed by atoms with Crippen LogP contribution in [-0.4, -0.2) is 25.8 Å². The lowest BCUT2D eigenvalue weighted by atomic mass is 10.4. The molecule has 2 aromatic heterocycles. The molecule has 0 spiro atoms. The van der Waals surface area contributed by atoms with Crippen molar-refractivity contribution in [1.82, 2.24) is 14.8 Å². The number of thiazole rings is 1. The molecule has 0 saturated heterocycles. The number of hydrogen-bond acceptors (Lipinski definition) is 5. The van der Waals surface area contributed by atoms with Gasteiger partial charge in [-0.3, -0.25) is 4.68 Å². The molecule has 0 aliphatic heterocycles. The standard InChI is InChI=1S/C9H10N4O2S/c1-13-3-2-6(12-13)4-10-9-11-5-7(16-9)8(14)15/h2-3,5H,4H2,1H3,(H,10,11)(H,14,15). The minimum atomic E-state index is -0.955. The van der Waals surface area contributed by atoms with E-state index in [2.05, 4.69) is 15.4 Å². The average molecular weight is 238 g/mol. The van der Waals surface area contributed by atoms with Crippen molar-refractivity contribution in [1.29, 1.82) is 0 Å². The van der Waals surface area contributed by atoms with Gasteiger partial charge < -0.3 is 10.4 Å². The molecular formula is C9H10N4O2S. The molecule has 7 heteroatoms. The van der Waals surface area contributed by atoms with E-state index in [-0.39, 0.29) is 4.88 Å². The van der Waals surface area contributed by atoms with Gasteiger partial charge in [-0.15, -0.1) is 0 Å². The molecule has 2 rings (SSSR count). The van der Waals surface area contributed by atoms with Crippen LogP contribution in [0.5, 0.6) is 0 Å². The topological polar surface area (TPSA) is 80.0 Å². The highest BCUT2D eigenvalue weighted by Crippen LogP contribution is 2.18. The molecule has 16 heavy (non-hydrogen) atoms. The van der Waals surface area contributed by atoms with Crippen molar-refractivity contribution in [2.75, 3.05) is 5.32 Å². The average Bonchev–Trinajstić information content (AvgIpc) is 2.83. The second-order valence-corrected chi connectivity index (χ2v) is 4.20. The summed E-state index contributed by atoms with van der Waals surface area (Å²) in [6.45, 7) is 0.535. The molecule has 0 radical (unpaired) electrons. The third-order valence-electron chi connectivity index (χ3n) is 1.91. The molecule has 0 aliphatic carbocycles. The van der Waals surface area contributed by atoms with Gasteiger partial charge in [0, 0.05) is 13.2 Å². The summed E-state index contributed by atoms with van der Waals surface area (Å²) in [4.78, 5) is 14.8. The number of rotatable bonds is 4. The molecule has 0 atom stereocenters. The minimum absolute atomic E-state index is 0.225. The molecule has 0 unspecified atom stereocenters. The Morgan fingerprint density at radius 1 is 1.69 bits per heavy atom. The molecule has 2 aromatic rings. The van der Waals surface area contributed by atoms with Crippen molar-refractivity contribution in [2.24, 2.45) is 7.05 Å². The number of aryl methyl sites for hydroxylation is 1. The first-order chi connectivity index (χ1) is 7.65. The summed E-state index contributed by atoms with van der Waals surface area (Å²) in [5.74, 6) is -0.955. The largest absolute Gasteiger partial charge is 0.477 e. The number of nitrogens with one attached hydrogen (secondary N) is 1. The van der Waals surface area contributed by atoms with Gasteiger partial charge in [-0.05, 0) is 6.07 Å². The first-order valence-corrected chi connectivity index (χ1v) is 5.38. The van der Waals surface area contributed by atoms with Gasteiger partial charge in [-0.1, -0.05) is 11.3 Å². The van der Waals surface area contributed by atoms with E-state index < -0.39 is 5.97 Å². The molecule has 0 bridgehead atoms. The van der Waals surface area contributed by atoms with Crippen LogP contribution in [0, 0.1) is 0 Å². The number of aromatic carboxylic acids is 1. The Kier molecular flexibility index (Phi) is 2.86. The van der Waals surface area contributed by atoms with Crippen LogP contribution >= 0.6 is 11.3 Å². The van der Waals surface area contributed by atoms with Gasteiger partial charge in [-0.25, -0.2) is 9.78 Å². The van der Waals surface area contributed by atoms with Crippen LogP contribution in [0.15, 0.2) is 18.5 Å². The molecule has 84 valence electrons. The summed E-state index contributed by atoms with van der Waals surface area (Å²) in [5.41, 5.74) is 0.884. The molecule has 6 nitrogen and oxygen atoms in total. The van der Waals surface area contributed by atoms with E-state index in [1.54, 1.807) is 4.68 Å². The normalized spacial score (nSPS) is 10.3.